The van der Waals surface area contributed by atoms with Gasteiger partial charge in [0, 0.05) is 27.9 Å². The van der Waals surface area contributed by atoms with Crippen molar-refractivity contribution in [2.45, 2.75) is 12.8 Å². The summed E-state index contributed by atoms with van der Waals surface area (Å²) in [5.74, 6) is 0.602. The van der Waals surface area contributed by atoms with Gasteiger partial charge in [0.1, 0.15) is 0 Å². The molecule has 2 aromatic carbocycles. The van der Waals surface area contributed by atoms with Gasteiger partial charge in [0.25, 0.3) is 5.91 Å². The minimum absolute atomic E-state index is 0.0220. The lowest BCUT2D eigenvalue weighted by molar-refractivity contribution is 0.0946. The average molecular weight is 353 g/mol. The molecule has 0 spiro atoms. The van der Waals surface area contributed by atoms with E-state index in [1.807, 2.05) is 36.4 Å². The SMILES string of the molecule is O=C(NCC1(CCl)CC1)c1ccc2cc(Br)ccc2c1. The van der Waals surface area contributed by atoms with Crippen molar-refractivity contribution >= 4 is 44.2 Å². The van der Waals surface area contributed by atoms with Crippen molar-refractivity contribution in [2.24, 2.45) is 5.41 Å². The second-order valence-electron chi connectivity index (χ2n) is 5.52. The minimum Gasteiger partial charge on any atom is -0.351 e. The Bertz CT molecular complexity index is 667. The molecule has 0 saturated heterocycles. The number of alkyl halides is 1. The number of nitrogens with one attached hydrogen (secondary N) is 1. The average Bonchev–Trinajstić information content (AvgIpc) is 3.25. The van der Waals surface area contributed by atoms with E-state index < -0.39 is 0 Å². The van der Waals surface area contributed by atoms with E-state index in [0.29, 0.717) is 18.0 Å². The van der Waals surface area contributed by atoms with Crippen molar-refractivity contribution in [3.05, 3.63) is 46.4 Å². The molecule has 2 nitrogen and oxygen atoms in total. The lowest BCUT2D eigenvalue weighted by Gasteiger charge is -2.12. The van der Waals surface area contributed by atoms with E-state index in [4.69, 9.17) is 11.6 Å². The Balaban J connectivity index is 1.76. The first-order valence-electron chi connectivity index (χ1n) is 6.65. The Hall–Kier alpha value is -1.06. The Morgan fingerprint density at radius 1 is 1.20 bits per heavy atom. The molecule has 1 fully saturated rings. The molecule has 4 heteroatoms. The van der Waals surface area contributed by atoms with Gasteiger partial charge in [-0.2, -0.15) is 0 Å². The molecule has 0 unspecified atom stereocenters. The topological polar surface area (TPSA) is 29.1 Å². The van der Waals surface area contributed by atoms with Crippen molar-refractivity contribution in [1.29, 1.82) is 0 Å². The highest BCUT2D eigenvalue weighted by Crippen LogP contribution is 2.45. The summed E-state index contributed by atoms with van der Waals surface area (Å²) in [6, 6.07) is 11.8. The molecule has 1 saturated carbocycles. The Morgan fingerprint density at radius 2 is 1.90 bits per heavy atom. The summed E-state index contributed by atoms with van der Waals surface area (Å²) in [7, 11) is 0. The van der Waals surface area contributed by atoms with Crippen molar-refractivity contribution in [3.8, 4) is 0 Å². The zero-order valence-corrected chi connectivity index (χ0v) is 13.3. The predicted molar refractivity (Wildman–Crippen MR) is 86.4 cm³/mol. The molecule has 0 atom stereocenters. The number of halogens is 2. The summed E-state index contributed by atoms with van der Waals surface area (Å²) in [5, 5.41) is 5.19. The van der Waals surface area contributed by atoms with Crippen LogP contribution in [0.15, 0.2) is 40.9 Å². The maximum atomic E-state index is 12.2. The monoisotopic (exact) mass is 351 g/mol. The lowest BCUT2D eigenvalue weighted by atomic mass is 10.1. The fourth-order valence-electron chi connectivity index (χ4n) is 2.26. The maximum Gasteiger partial charge on any atom is 0.251 e. The summed E-state index contributed by atoms with van der Waals surface area (Å²) < 4.78 is 1.04. The molecule has 2 aromatic rings. The summed E-state index contributed by atoms with van der Waals surface area (Å²) in [4.78, 5) is 12.2. The molecule has 20 heavy (non-hydrogen) atoms. The molecule has 1 aliphatic carbocycles. The largest absolute Gasteiger partial charge is 0.351 e. The minimum atomic E-state index is -0.0220. The zero-order chi connectivity index (χ0) is 14.2. The van der Waals surface area contributed by atoms with Gasteiger partial charge >= 0.3 is 0 Å². The van der Waals surface area contributed by atoms with Gasteiger partial charge in [-0.1, -0.05) is 28.1 Å². The number of benzene rings is 2. The fraction of sp³-hybridized carbons (Fsp3) is 0.312. The zero-order valence-electron chi connectivity index (χ0n) is 11.0. The summed E-state index contributed by atoms with van der Waals surface area (Å²) in [6.45, 7) is 0.674. The van der Waals surface area contributed by atoms with E-state index >= 15 is 0 Å². The van der Waals surface area contributed by atoms with Gasteiger partial charge in [0.2, 0.25) is 0 Å². The van der Waals surface area contributed by atoms with Gasteiger partial charge in [-0.15, -0.1) is 11.6 Å². The van der Waals surface area contributed by atoms with E-state index in [9.17, 15) is 4.79 Å². The number of rotatable bonds is 4. The second-order valence-corrected chi connectivity index (χ2v) is 6.71. The van der Waals surface area contributed by atoms with Crippen LogP contribution in [0.5, 0.6) is 0 Å². The van der Waals surface area contributed by atoms with Gasteiger partial charge in [-0.05, 0) is 47.9 Å². The molecule has 0 bridgehead atoms. The highest BCUT2D eigenvalue weighted by Gasteiger charge is 2.41. The van der Waals surface area contributed by atoms with Crippen LogP contribution in [0.4, 0.5) is 0 Å². The Labute approximate surface area is 131 Å². The molecular weight excluding hydrogens is 338 g/mol. The summed E-state index contributed by atoms with van der Waals surface area (Å²) in [5.41, 5.74) is 0.851. The molecule has 3 rings (SSSR count). The first kappa shape index (κ1) is 13.9. The highest BCUT2D eigenvalue weighted by molar-refractivity contribution is 9.10. The van der Waals surface area contributed by atoms with E-state index in [1.54, 1.807) is 0 Å². The third kappa shape index (κ3) is 2.84. The van der Waals surface area contributed by atoms with Crippen LogP contribution in [0, 0.1) is 5.41 Å². The van der Waals surface area contributed by atoms with Gasteiger partial charge in [-0.25, -0.2) is 0 Å². The van der Waals surface area contributed by atoms with E-state index in [-0.39, 0.29) is 11.3 Å². The van der Waals surface area contributed by atoms with Crippen molar-refractivity contribution in [1.82, 2.24) is 5.32 Å². The van der Waals surface area contributed by atoms with E-state index in [2.05, 4.69) is 21.2 Å². The third-order valence-corrected chi connectivity index (χ3v) is 4.99. The summed E-state index contributed by atoms with van der Waals surface area (Å²) in [6.07, 6.45) is 2.23. The first-order chi connectivity index (χ1) is 9.62. The van der Waals surface area contributed by atoms with Crippen LogP contribution in [0.2, 0.25) is 0 Å². The van der Waals surface area contributed by atoms with Crippen LogP contribution >= 0.6 is 27.5 Å². The molecule has 0 heterocycles. The van der Waals surface area contributed by atoms with E-state index in [0.717, 1.165) is 28.1 Å². The molecule has 0 aromatic heterocycles. The lowest BCUT2D eigenvalue weighted by Crippen LogP contribution is -2.30. The van der Waals surface area contributed by atoms with Gasteiger partial charge < -0.3 is 5.32 Å². The molecule has 0 aliphatic heterocycles. The van der Waals surface area contributed by atoms with Crippen LogP contribution in [0.1, 0.15) is 23.2 Å². The fourth-order valence-corrected chi connectivity index (χ4v) is 3.00. The Morgan fingerprint density at radius 3 is 2.60 bits per heavy atom. The number of hydrogen-bond acceptors (Lipinski definition) is 1. The number of carbonyl (C=O) groups excluding carboxylic acids is 1. The molecular formula is C16H15BrClNO. The molecule has 0 radical (unpaired) electrons. The number of carbonyl (C=O) groups is 1. The summed E-state index contributed by atoms with van der Waals surface area (Å²) >= 11 is 9.37. The Kier molecular flexibility index (Phi) is 3.74. The smallest absolute Gasteiger partial charge is 0.251 e. The number of hydrogen-bond donors (Lipinski definition) is 1. The van der Waals surface area contributed by atoms with E-state index in [1.165, 1.54) is 0 Å². The van der Waals surface area contributed by atoms with Crippen LogP contribution in [-0.4, -0.2) is 18.3 Å². The first-order valence-corrected chi connectivity index (χ1v) is 7.98. The van der Waals surface area contributed by atoms with Crippen LogP contribution in [0.25, 0.3) is 10.8 Å². The van der Waals surface area contributed by atoms with Gasteiger partial charge in [0.05, 0.1) is 0 Å². The standard InChI is InChI=1S/C16H15BrClNO/c17-14-4-3-11-7-13(2-1-12(11)8-14)15(20)19-10-16(9-18)5-6-16/h1-4,7-8H,5-6,9-10H2,(H,19,20). The maximum absolute atomic E-state index is 12.2. The normalized spacial score (nSPS) is 16.1. The number of amides is 1. The third-order valence-electron chi connectivity index (χ3n) is 3.93. The van der Waals surface area contributed by atoms with Crippen molar-refractivity contribution in [3.63, 3.8) is 0 Å². The highest BCUT2D eigenvalue weighted by atomic mass is 79.9. The van der Waals surface area contributed by atoms with Crippen LogP contribution in [0.3, 0.4) is 0 Å². The predicted octanol–water partition coefficient (Wildman–Crippen LogP) is 4.35. The van der Waals surface area contributed by atoms with Crippen LogP contribution < -0.4 is 5.32 Å². The van der Waals surface area contributed by atoms with Crippen molar-refractivity contribution < 1.29 is 4.79 Å². The molecule has 1 aliphatic rings. The molecule has 104 valence electrons. The number of fused-ring (bicyclic) bond motifs is 1. The van der Waals surface area contributed by atoms with Gasteiger partial charge in [0.15, 0.2) is 0 Å². The van der Waals surface area contributed by atoms with Crippen LogP contribution in [-0.2, 0) is 0 Å². The second kappa shape index (κ2) is 5.38. The van der Waals surface area contributed by atoms with Crippen molar-refractivity contribution in [2.75, 3.05) is 12.4 Å². The molecule has 1 N–H and O–H groups in total. The molecule has 1 amide bonds. The van der Waals surface area contributed by atoms with Gasteiger partial charge in [-0.3, -0.25) is 4.79 Å². The quantitative estimate of drug-likeness (QED) is 0.814.